The third-order valence-electron chi connectivity index (χ3n) is 9.07. The van der Waals surface area contributed by atoms with Gasteiger partial charge in [-0.15, -0.1) is 28.3 Å². The molecule has 1 aliphatic rings. The van der Waals surface area contributed by atoms with Crippen molar-refractivity contribution in [2.75, 3.05) is 110 Å². The molecule has 420 valence electrons. The third-order valence-corrected chi connectivity index (χ3v) is 12.9. The van der Waals surface area contributed by atoms with E-state index in [1.807, 2.05) is 9.80 Å². The summed E-state index contributed by atoms with van der Waals surface area (Å²) in [5.41, 5.74) is 5.12. The molecular weight excluding hydrogens is 1390 g/mol. The summed E-state index contributed by atoms with van der Waals surface area (Å²) < 4.78 is 0. The van der Waals surface area contributed by atoms with Gasteiger partial charge in [0.05, 0.1) is 43.0 Å². The van der Waals surface area contributed by atoms with Crippen LogP contribution >= 0.6 is 119 Å². The van der Waals surface area contributed by atoms with Crippen molar-refractivity contribution in [3.05, 3.63) is 12.0 Å². The highest BCUT2D eigenvalue weighted by Gasteiger charge is 2.31. The van der Waals surface area contributed by atoms with Crippen LogP contribution in [0, 0.1) is 0 Å². The van der Waals surface area contributed by atoms with Crippen LogP contribution in [0.5, 0.6) is 0 Å². The van der Waals surface area contributed by atoms with Crippen molar-refractivity contribution >= 4 is 142 Å². The maximum atomic E-state index is 11.6. The number of aliphatic hydroxyl groups excluding tert-OH is 12. The fourth-order valence-corrected chi connectivity index (χ4v) is 7.44. The van der Waals surface area contributed by atoms with Crippen molar-refractivity contribution in [2.24, 2.45) is 16.1 Å². The van der Waals surface area contributed by atoms with Gasteiger partial charge in [-0.3, -0.25) is 19.4 Å². The minimum Gasteiger partial charge on any atom is -0.389 e. The fraction of sp³-hybridized carbons (Fsp3) is 0.842. The number of hydrogen-bond acceptors (Lipinski definition) is 20. The van der Waals surface area contributed by atoms with Crippen LogP contribution in [0.2, 0.25) is 0 Å². The highest BCUT2D eigenvalue weighted by atomic mass is 79.9. The number of amides is 3. The normalized spacial score (nSPS) is 17.5. The first-order valence-corrected chi connectivity index (χ1v) is 29.3. The van der Waals surface area contributed by atoms with Crippen LogP contribution in [0.4, 0.5) is 5.82 Å². The maximum absolute atomic E-state index is 11.6. The van der Waals surface area contributed by atoms with Gasteiger partial charge in [0, 0.05) is 123 Å². The quantitative estimate of drug-likeness (QED) is 0.0184. The van der Waals surface area contributed by atoms with Gasteiger partial charge < -0.3 is 92.4 Å². The Morgan fingerprint density at radius 2 is 0.944 bits per heavy atom. The van der Waals surface area contributed by atoms with Crippen molar-refractivity contribution in [1.82, 2.24) is 35.4 Å². The molecule has 0 aliphatic carbocycles. The summed E-state index contributed by atoms with van der Waals surface area (Å²) in [6.07, 6.45) is -12.4. The average molecular weight is 1460 g/mol. The maximum Gasteiger partial charge on any atom is 0.271 e. The monoisotopic (exact) mass is 1450 g/mol. The molecule has 1 aliphatic heterocycles. The Morgan fingerprint density at radius 1 is 0.634 bits per heavy atom. The molecule has 17 N–H and O–H groups in total. The molecule has 0 spiro atoms. The zero-order valence-electron chi connectivity index (χ0n) is 39.1. The molecule has 2 heterocycles. The highest BCUT2D eigenvalue weighted by molar-refractivity contribution is 9.10. The highest BCUT2D eigenvalue weighted by Crippen LogP contribution is 2.14. The molecule has 33 heteroatoms. The number of aromatic amines is 1. The Morgan fingerprint density at radius 3 is 1.20 bits per heavy atom. The minimum atomic E-state index is -1.43. The summed E-state index contributed by atoms with van der Waals surface area (Å²) in [7, 11) is 3.42. The number of aliphatic hydroxyl groups is 12. The average Bonchev–Trinajstić information content (AvgIpc) is 3.86. The summed E-state index contributed by atoms with van der Waals surface area (Å²) in [6, 6.07) is 0. The number of nitrogens with two attached hydrogens (primary N) is 1. The predicted molar refractivity (Wildman–Crippen MR) is 290 cm³/mol. The van der Waals surface area contributed by atoms with E-state index in [0.717, 1.165) is 0 Å². The van der Waals surface area contributed by atoms with Gasteiger partial charge in [-0.2, -0.15) is 0 Å². The number of alkyl halides is 8. The molecule has 1 fully saturated rings. The standard InChI is InChI=1S/C10H16Br2N2O2.C10H22Cl2N2O4.2C6H12Br2O4.C6H10N6O/c11-3-1-9(15)13-5-7-14(8-6-13)10(16)2-4-12;11-1-3-13-5-7(15)9(17)10(18)8(16)6-14-4-2-12;2*7-1-3(9)5(11)6(12)4(10)2-8;1-12(2)11-10-6-4(5(7)13)8-3-9-6/h1-8H2;7-10,13-18H,1-6H2;2*3-6,9-12H,1-2H2;3H,1-2H3,(H2,7,13)(H,8,9)/b;;;;11-10+/t;7-,8-,9-,10-;;;/m.1.../s1. The van der Waals surface area contributed by atoms with E-state index in [4.69, 9.17) is 49.4 Å². The number of carbonyl (C=O) groups is 3. The second-order valence-corrected chi connectivity index (χ2v) is 19.8. The first-order chi connectivity index (χ1) is 33.4. The number of rotatable bonds is 28. The van der Waals surface area contributed by atoms with Crippen LogP contribution in [0.15, 0.2) is 16.7 Å². The summed E-state index contributed by atoms with van der Waals surface area (Å²) in [5.74, 6) is 0.747. The SMILES string of the molecule is CN(C)/N=N/c1[nH]cnc1C(N)=O.O=C(CCBr)N1CCN(C(=O)CCBr)CC1.OC(CBr)C(O)C(O)C(O)CBr.OC(CBr)C(O)C(O)C(O)CBr.O[C@@H]([C@H](O)[C@H](O)CNCCCl)[C@H](O)CNCCCl. The van der Waals surface area contributed by atoms with E-state index in [1.54, 1.807) is 14.1 Å². The lowest BCUT2D eigenvalue weighted by Crippen LogP contribution is -2.50. The summed E-state index contributed by atoms with van der Waals surface area (Å²) >= 11 is 29.1. The van der Waals surface area contributed by atoms with E-state index < -0.39 is 79.2 Å². The van der Waals surface area contributed by atoms with Crippen molar-refractivity contribution in [2.45, 2.75) is 86.1 Å². The van der Waals surface area contributed by atoms with Gasteiger partial charge >= 0.3 is 0 Å². The Hall–Kier alpha value is -0.0800. The minimum absolute atomic E-state index is 0.0885. The molecule has 0 aromatic carbocycles. The van der Waals surface area contributed by atoms with E-state index in [-0.39, 0.29) is 57.7 Å². The van der Waals surface area contributed by atoms with Crippen LogP contribution in [0.3, 0.4) is 0 Å². The lowest BCUT2D eigenvalue weighted by Gasteiger charge is -2.34. The molecule has 1 aromatic heterocycles. The number of aromatic nitrogens is 2. The molecule has 0 saturated carbocycles. The zero-order valence-corrected chi connectivity index (χ0v) is 50.1. The molecule has 0 bridgehead atoms. The second kappa shape index (κ2) is 46.1. The second-order valence-electron chi connectivity index (χ2n) is 14.9. The number of piperazine rings is 1. The van der Waals surface area contributed by atoms with Crippen LogP contribution in [0.1, 0.15) is 23.3 Å². The Balaban J connectivity index is -0.000000822. The molecule has 2 rings (SSSR count). The predicted octanol–water partition coefficient (Wildman–Crippen LogP) is -2.18. The molecule has 1 saturated heterocycles. The number of nitrogens with one attached hydrogen (secondary N) is 3. The molecular formula is C38H72Br6Cl2N10O15. The van der Waals surface area contributed by atoms with Crippen molar-refractivity contribution in [3.63, 3.8) is 0 Å². The first-order valence-electron chi connectivity index (χ1n) is 21.5. The number of H-pyrrole nitrogens is 1. The number of primary amides is 1. The number of halogens is 8. The van der Waals surface area contributed by atoms with Gasteiger partial charge in [-0.1, -0.05) is 101 Å². The van der Waals surface area contributed by atoms with E-state index >= 15 is 0 Å². The van der Waals surface area contributed by atoms with Crippen LogP contribution < -0.4 is 16.4 Å². The van der Waals surface area contributed by atoms with Crippen LogP contribution in [0.25, 0.3) is 0 Å². The van der Waals surface area contributed by atoms with E-state index in [9.17, 15) is 55.2 Å². The summed E-state index contributed by atoms with van der Waals surface area (Å²) in [6.45, 7) is 3.82. The molecule has 0 radical (unpaired) electrons. The van der Waals surface area contributed by atoms with Crippen LogP contribution in [-0.4, -0.2) is 287 Å². The number of hydrogen-bond donors (Lipinski definition) is 16. The molecule has 71 heavy (non-hydrogen) atoms. The van der Waals surface area contributed by atoms with Gasteiger partial charge in [0.25, 0.3) is 5.91 Å². The van der Waals surface area contributed by atoms with E-state index in [0.29, 0.717) is 74.5 Å². The van der Waals surface area contributed by atoms with Gasteiger partial charge in [-0.25, -0.2) is 4.98 Å². The van der Waals surface area contributed by atoms with Crippen LogP contribution in [-0.2, 0) is 9.59 Å². The summed E-state index contributed by atoms with van der Waals surface area (Å²) in [4.78, 5) is 43.9. The topological polar surface area (TPSA) is 407 Å². The Kier molecular flexibility index (Phi) is 48.8. The van der Waals surface area contributed by atoms with Gasteiger partial charge in [0.2, 0.25) is 11.8 Å². The van der Waals surface area contributed by atoms with Gasteiger partial charge in [0.15, 0.2) is 11.5 Å². The third kappa shape index (κ3) is 34.3. The molecule has 12 atom stereocenters. The summed E-state index contributed by atoms with van der Waals surface area (Å²) in [5, 5.41) is 128. The van der Waals surface area contributed by atoms with E-state index in [2.05, 4.69) is 127 Å². The van der Waals surface area contributed by atoms with Gasteiger partial charge in [-0.05, 0) is 0 Å². The Bertz CT molecular complexity index is 1430. The van der Waals surface area contributed by atoms with Crippen molar-refractivity contribution in [3.8, 4) is 0 Å². The first kappa shape index (κ1) is 75.2. The zero-order chi connectivity index (χ0) is 55.2. The molecule has 8 unspecified atom stereocenters. The fourth-order valence-electron chi connectivity index (χ4n) is 4.97. The molecule has 3 amide bonds. The number of carbonyl (C=O) groups excluding carboxylic acids is 3. The van der Waals surface area contributed by atoms with Crippen molar-refractivity contribution < 1.29 is 75.7 Å². The smallest absolute Gasteiger partial charge is 0.271 e. The lowest BCUT2D eigenvalue weighted by molar-refractivity contribution is -0.139. The Labute approximate surface area is 474 Å². The largest absolute Gasteiger partial charge is 0.389 e. The van der Waals surface area contributed by atoms with E-state index in [1.165, 1.54) is 11.3 Å². The van der Waals surface area contributed by atoms with Gasteiger partial charge in [0.1, 0.15) is 36.6 Å². The number of nitrogens with zero attached hydrogens (tertiary/aromatic N) is 6. The lowest BCUT2D eigenvalue weighted by atomic mass is 10.0. The van der Waals surface area contributed by atoms with Crippen molar-refractivity contribution in [1.29, 1.82) is 0 Å². The molecule has 25 nitrogen and oxygen atoms in total. The molecule has 1 aromatic rings. The number of imidazole rings is 1.